The Bertz CT molecular complexity index is 861. The molecule has 0 bridgehead atoms. The van der Waals surface area contributed by atoms with Crippen molar-refractivity contribution in [3.05, 3.63) is 59.2 Å². The highest BCUT2D eigenvalue weighted by Gasteiger charge is 2.30. The smallest absolute Gasteiger partial charge is 0.397 e. The fourth-order valence-electron chi connectivity index (χ4n) is 2.21. The van der Waals surface area contributed by atoms with Gasteiger partial charge in [-0.3, -0.25) is 0 Å². The molecule has 0 amide bonds. The van der Waals surface area contributed by atoms with Gasteiger partial charge >= 0.3 is 6.18 Å². The van der Waals surface area contributed by atoms with E-state index in [0.717, 1.165) is 23.0 Å². The second kappa shape index (κ2) is 5.62. The Kier molecular flexibility index (Phi) is 3.77. The van der Waals surface area contributed by atoms with Crippen LogP contribution >= 0.6 is 11.6 Å². The molecule has 0 aliphatic carbocycles. The number of nitrogens with zero attached hydrogens (tertiary/aromatic N) is 1. The molecule has 0 unspecified atom stereocenters. The van der Waals surface area contributed by atoms with Gasteiger partial charge in [0.1, 0.15) is 5.82 Å². The molecule has 7 heteroatoms. The Labute approximate surface area is 134 Å². The lowest BCUT2D eigenvalue weighted by atomic mass is 10.1. The number of nitrogen functional groups attached to an aromatic ring is 1. The summed E-state index contributed by atoms with van der Waals surface area (Å²) in [7, 11) is 0. The van der Waals surface area contributed by atoms with Crippen molar-refractivity contribution in [3.8, 4) is 0 Å². The van der Waals surface area contributed by atoms with Crippen LogP contribution in [0.5, 0.6) is 0 Å². The lowest BCUT2D eigenvalue weighted by Gasteiger charge is -2.12. The molecule has 0 saturated carbocycles. The van der Waals surface area contributed by atoms with Crippen molar-refractivity contribution in [2.75, 3.05) is 11.1 Å². The van der Waals surface area contributed by atoms with Crippen LogP contribution in [0.2, 0.25) is 5.02 Å². The molecular formula is C16H11ClF3N3. The number of pyridine rings is 1. The van der Waals surface area contributed by atoms with E-state index in [4.69, 9.17) is 17.3 Å². The molecule has 1 aromatic heterocycles. The van der Waals surface area contributed by atoms with Gasteiger partial charge in [0.25, 0.3) is 0 Å². The van der Waals surface area contributed by atoms with Crippen LogP contribution in [0.4, 0.5) is 30.4 Å². The molecule has 3 aromatic rings. The van der Waals surface area contributed by atoms with E-state index in [1.165, 1.54) is 6.07 Å². The summed E-state index contributed by atoms with van der Waals surface area (Å²) in [6.45, 7) is 0. The highest BCUT2D eigenvalue weighted by molar-refractivity contribution is 6.31. The summed E-state index contributed by atoms with van der Waals surface area (Å²) < 4.78 is 37.6. The Balaban J connectivity index is 1.92. The molecule has 0 spiro atoms. The van der Waals surface area contributed by atoms with Gasteiger partial charge in [-0.05, 0) is 35.7 Å². The van der Waals surface area contributed by atoms with E-state index in [9.17, 15) is 13.2 Å². The molecule has 0 fully saturated rings. The predicted octanol–water partition coefficient (Wildman–Crippen LogP) is 5.23. The zero-order chi connectivity index (χ0) is 16.6. The summed E-state index contributed by atoms with van der Waals surface area (Å²) in [5, 5.41) is 5.19. The third-order valence-electron chi connectivity index (χ3n) is 3.38. The van der Waals surface area contributed by atoms with Crippen LogP contribution in [-0.4, -0.2) is 4.98 Å². The number of fused-ring (bicyclic) bond motifs is 1. The predicted molar refractivity (Wildman–Crippen MR) is 85.9 cm³/mol. The van der Waals surface area contributed by atoms with Gasteiger partial charge < -0.3 is 11.1 Å². The van der Waals surface area contributed by atoms with Crippen LogP contribution in [0.25, 0.3) is 10.8 Å². The maximum atomic E-state index is 12.5. The Hall–Kier alpha value is -2.47. The Morgan fingerprint density at radius 2 is 1.83 bits per heavy atom. The van der Waals surface area contributed by atoms with Crippen molar-refractivity contribution in [1.82, 2.24) is 4.98 Å². The quantitative estimate of drug-likeness (QED) is 0.629. The van der Waals surface area contributed by atoms with Crippen LogP contribution in [0.15, 0.2) is 48.7 Å². The number of hydrogen-bond acceptors (Lipinski definition) is 3. The molecule has 3 nitrogen and oxygen atoms in total. The molecule has 3 rings (SSSR count). The fraction of sp³-hybridized carbons (Fsp3) is 0.0625. The molecule has 0 radical (unpaired) electrons. The fourth-order valence-corrected chi connectivity index (χ4v) is 2.39. The average molecular weight is 338 g/mol. The van der Waals surface area contributed by atoms with Gasteiger partial charge in [-0.2, -0.15) is 13.2 Å². The van der Waals surface area contributed by atoms with Crippen LogP contribution in [-0.2, 0) is 6.18 Å². The number of alkyl halides is 3. The first kappa shape index (κ1) is 15.4. The normalized spacial score (nSPS) is 11.7. The number of aromatic nitrogens is 1. The highest BCUT2D eigenvalue weighted by Crippen LogP contribution is 2.33. The third-order valence-corrected chi connectivity index (χ3v) is 3.61. The lowest BCUT2D eigenvalue weighted by Crippen LogP contribution is -2.06. The minimum Gasteiger partial charge on any atom is -0.397 e. The minimum absolute atomic E-state index is 0.276. The molecule has 23 heavy (non-hydrogen) atoms. The van der Waals surface area contributed by atoms with E-state index in [-0.39, 0.29) is 5.82 Å². The maximum Gasteiger partial charge on any atom is 0.417 e. The largest absolute Gasteiger partial charge is 0.417 e. The van der Waals surface area contributed by atoms with E-state index >= 15 is 0 Å². The number of nitrogens with two attached hydrogens (primary N) is 1. The summed E-state index contributed by atoms with van der Waals surface area (Å²) in [6.07, 6.45) is -3.63. The molecule has 2 aromatic carbocycles. The SMILES string of the molecule is Nc1c(Nc2ccc(C(F)(F)F)cn2)ccc2cc(Cl)ccc12. The molecular weight excluding hydrogens is 327 g/mol. The van der Waals surface area contributed by atoms with E-state index in [0.29, 0.717) is 16.4 Å². The van der Waals surface area contributed by atoms with Gasteiger partial charge in [0.05, 0.1) is 16.9 Å². The van der Waals surface area contributed by atoms with Gasteiger partial charge in [-0.15, -0.1) is 0 Å². The summed E-state index contributed by atoms with van der Waals surface area (Å²) in [5.74, 6) is 0.276. The topological polar surface area (TPSA) is 50.9 Å². The summed E-state index contributed by atoms with van der Waals surface area (Å²) in [5.41, 5.74) is 6.34. The second-order valence-corrected chi connectivity index (χ2v) is 5.38. The molecule has 0 aliphatic rings. The van der Waals surface area contributed by atoms with Gasteiger partial charge in [0.15, 0.2) is 0 Å². The Morgan fingerprint density at radius 1 is 1.04 bits per heavy atom. The van der Waals surface area contributed by atoms with Crippen molar-refractivity contribution in [2.45, 2.75) is 6.18 Å². The van der Waals surface area contributed by atoms with Crippen molar-refractivity contribution in [1.29, 1.82) is 0 Å². The first-order valence-corrected chi connectivity index (χ1v) is 7.00. The van der Waals surface area contributed by atoms with E-state index in [2.05, 4.69) is 10.3 Å². The molecule has 3 N–H and O–H groups in total. The minimum atomic E-state index is -4.41. The second-order valence-electron chi connectivity index (χ2n) is 4.95. The van der Waals surface area contributed by atoms with Gasteiger partial charge in [0.2, 0.25) is 0 Å². The molecule has 0 saturated heterocycles. The average Bonchev–Trinajstić information content (AvgIpc) is 2.50. The maximum absolute atomic E-state index is 12.5. The molecule has 0 atom stereocenters. The standard InChI is InChI=1S/C16H11ClF3N3/c17-11-3-4-12-9(7-11)1-5-13(15(12)21)23-14-6-2-10(8-22-14)16(18,19)20/h1-8H,21H2,(H,22,23). The number of anilines is 3. The van der Waals surface area contributed by atoms with E-state index < -0.39 is 11.7 Å². The zero-order valence-electron chi connectivity index (χ0n) is 11.7. The summed E-state index contributed by atoms with van der Waals surface area (Å²) >= 11 is 5.93. The summed E-state index contributed by atoms with van der Waals surface area (Å²) in [4.78, 5) is 3.77. The van der Waals surface area contributed by atoms with Crippen molar-refractivity contribution < 1.29 is 13.2 Å². The zero-order valence-corrected chi connectivity index (χ0v) is 12.4. The van der Waals surface area contributed by atoms with Crippen LogP contribution < -0.4 is 11.1 Å². The van der Waals surface area contributed by atoms with Gasteiger partial charge in [-0.25, -0.2) is 4.98 Å². The van der Waals surface area contributed by atoms with Crippen molar-refractivity contribution >= 4 is 39.6 Å². The van der Waals surface area contributed by atoms with E-state index in [1.807, 2.05) is 6.07 Å². The number of halogens is 4. The number of nitrogens with one attached hydrogen (secondary N) is 1. The Morgan fingerprint density at radius 3 is 2.48 bits per heavy atom. The van der Waals surface area contributed by atoms with Gasteiger partial charge in [-0.1, -0.05) is 23.7 Å². The lowest BCUT2D eigenvalue weighted by molar-refractivity contribution is -0.137. The van der Waals surface area contributed by atoms with Crippen LogP contribution in [0, 0.1) is 0 Å². The number of benzene rings is 2. The molecule has 118 valence electrons. The first-order valence-electron chi connectivity index (χ1n) is 6.62. The third kappa shape index (κ3) is 3.17. The highest BCUT2D eigenvalue weighted by atomic mass is 35.5. The number of hydrogen-bond donors (Lipinski definition) is 2. The van der Waals surface area contributed by atoms with Crippen molar-refractivity contribution in [3.63, 3.8) is 0 Å². The van der Waals surface area contributed by atoms with E-state index in [1.54, 1.807) is 24.3 Å². The number of rotatable bonds is 2. The molecule has 0 aliphatic heterocycles. The molecule has 1 heterocycles. The summed E-state index contributed by atoms with van der Waals surface area (Å²) in [6, 6.07) is 11.1. The van der Waals surface area contributed by atoms with Crippen molar-refractivity contribution in [2.24, 2.45) is 0 Å². The van der Waals surface area contributed by atoms with Crippen LogP contribution in [0.3, 0.4) is 0 Å². The van der Waals surface area contributed by atoms with Gasteiger partial charge in [0, 0.05) is 16.6 Å². The first-order chi connectivity index (χ1) is 10.8. The monoisotopic (exact) mass is 337 g/mol. The van der Waals surface area contributed by atoms with Crippen LogP contribution in [0.1, 0.15) is 5.56 Å².